The SMILES string of the molecule is CC(C)CCC[C@@H](C)[C@H]1CC[C@H]2[C@@H]3C[C@](O)(C[N+](C)(C)C)[C@@]4(O)C[C@@H](O)CC[C@]4(C)[C@H]3CC[C@]12C. The minimum absolute atomic E-state index is 0.320. The molecule has 0 aromatic heterocycles. The van der Waals surface area contributed by atoms with Crippen LogP contribution in [0.1, 0.15) is 105 Å². The maximum Gasteiger partial charge on any atom is 0.143 e. The summed E-state index contributed by atoms with van der Waals surface area (Å²) in [7, 11) is 6.37. The molecule has 3 N–H and O–H groups in total. The van der Waals surface area contributed by atoms with Gasteiger partial charge in [0.1, 0.15) is 17.7 Å². The second-order valence-electron chi connectivity index (χ2n) is 15.8. The monoisotopic (exact) mass is 492 g/mol. The highest BCUT2D eigenvalue weighted by Gasteiger charge is 2.73. The largest absolute Gasteiger partial charge is 0.393 e. The molecule has 4 nitrogen and oxygen atoms in total. The molecular weight excluding hydrogens is 434 g/mol. The maximum absolute atomic E-state index is 12.5. The van der Waals surface area contributed by atoms with Crippen molar-refractivity contribution in [2.24, 2.45) is 46.3 Å². The zero-order valence-electron chi connectivity index (χ0n) is 24.3. The number of rotatable bonds is 7. The average Bonchev–Trinajstić information content (AvgIpc) is 3.06. The second-order valence-corrected chi connectivity index (χ2v) is 15.8. The maximum atomic E-state index is 12.5. The summed E-state index contributed by atoms with van der Waals surface area (Å²) in [6, 6.07) is 0. The fraction of sp³-hybridized carbons (Fsp3) is 1.00. The van der Waals surface area contributed by atoms with Gasteiger partial charge in [-0.1, -0.05) is 53.9 Å². The minimum atomic E-state index is -1.22. The van der Waals surface area contributed by atoms with E-state index in [-0.39, 0.29) is 5.41 Å². The average molecular weight is 493 g/mol. The Kier molecular flexibility index (Phi) is 7.36. The molecule has 0 aromatic carbocycles. The van der Waals surface area contributed by atoms with Crippen LogP contribution in [-0.2, 0) is 0 Å². The van der Waals surface area contributed by atoms with Gasteiger partial charge in [0.15, 0.2) is 0 Å². The molecule has 4 fully saturated rings. The van der Waals surface area contributed by atoms with E-state index >= 15 is 0 Å². The Morgan fingerprint density at radius 3 is 2.17 bits per heavy atom. The smallest absolute Gasteiger partial charge is 0.143 e. The summed E-state index contributed by atoms with van der Waals surface area (Å²) in [6.07, 6.45) is 11.2. The molecule has 0 aromatic rings. The number of aliphatic hydroxyl groups is 3. The fourth-order valence-corrected chi connectivity index (χ4v) is 10.5. The Morgan fingerprint density at radius 2 is 1.54 bits per heavy atom. The normalized spacial score (nSPS) is 48.9. The van der Waals surface area contributed by atoms with Gasteiger partial charge >= 0.3 is 0 Å². The zero-order chi connectivity index (χ0) is 26.0. The van der Waals surface area contributed by atoms with Gasteiger partial charge in [0.25, 0.3) is 0 Å². The lowest BCUT2D eigenvalue weighted by atomic mass is 9.39. The number of hydrogen-bond donors (Lipinski definition) is 3. The molecule has 0 bridgehead atoms. The first-order chi connectivity index (χ1) is 16.1. The first kappa shape index (κ1) is 27.9. The van der Waals surface area contributed by atoms with Crippen LogP contribution in [0.4, 0.5) is 0 Å². The van der Waals surface area contributed by atoms with E-state index in [0.29, 0.717) is 47.0 Å². The van der Waals surface area contributed by atoms with Crippen LogP contribution in [0.25, 0.3) is 0 Å². The van der Waals surface area contributed by atoms with Gasteiger partial charge in [0.05, 0.1) is 27.2 Å². The van der Waals surface area contributed by atoms with Crippen LogP contribution in [0.3, 0.4) is 0 Å². The highest BCUT2D eigenvalue weighted by molar-refractivity contribution is 5.22. The van der Waals surface area contributed by atoms with E-state index in [2.05, 4.69) is 55.8 Å². The Bertz CT molecular complexity index is 763. The molecule has 0 aliphatic heterocycles. The van der Waals surface area contributed by atoms with E-state index in [9.17, 15) is 15.3 Å². The van der Waals surface area contributed by atoms with E-state index < -0.39 is 17.3 Å². The summed E-state index contributed by atoms with van der Waals surface area (Å²) in [4.78, 5) is 0. The van der Waals surface area contributed by atoms with Crippen LogP contribution in [0.2, 0.25) is 0 Å². The topological polar surface area (TPSA) is 60.7 Å². The van der Waals surface area contributed by atoms with Gasteiger partial charge in [-0.05, 0) is 85.9 Å². The Hall–Kier alpha value is -0.160. The van der Waals surface area contributed by atoms with Gasteiger partial charge in [-0.3, -0.25) is 0 Å². The molecule has 35 heavy (non-hydrogen) atoms. The minimum Gasteiger partial charge on any atom is -0.393 e. The van der Waals surface area contributed by atoms with Gasteiger partial charge < -0.3 is 19.8 Å². The summed E-state index contributed by atoms with van der Waals surface area (Å²) in [6.45, 7) is 12.6. The molecule has 0 radical (unpaired) electrons. The fourth-order valence-electron chi connectivity index (χ4n) is 10.5. The molecule has 4 heteroatoms. The van der Waals surface area contributed by atoms with E-state index in [1.807, 2.05) is 0 Å². The molecular formula is C31H58NO3+. The number of likely N-dealkylation sites (N-methyl/N-ethyl adjacent to an activating group) is 1. The van der Waals surface area contributed by atoms with Gasteiger partial charge in [0, 0.05) is 11.8 Å². The third-order valence-corrected chi connectivity index (χ3v) is 12.0. The molecule has 4 rings (SSSR count). The predicted octanol–water partition coefficient (Wildman–Crippen LogP) is 5.63. The molecule has 4 aliphatic rings. The van der Waals surface area contributed by atoms with Gasteiger partial charge in [-0.15, -0.1) is 0 Å². The highest BCUT2D eigenvalue weighted by atomic mass is 16.4. The van der Waals surface area contributed by atoms with E-state index in [1.165, 1.54) is 44.9 Å². The Balaban J connectivity index is 1.64. The van der Waals surface area contributed by atoms with Crippen LogP contribution in [0, 0.1) is 46.3 Å². The molecule has 204 valence electrons. The lowest BCUT2D eigenvalue weighted by Crippen LogP contribution is -2.77. The molecule has 4 aliphatic carbocycles. The van der Waals surface area contributed by atoms with Crippen molar-refractivity contribution >= 4 is 0 Å². The van der Waals surface area contributed by atoms with Crippen molar-refractivity contribution in [3.05, 3.63) is 0 Å². The highest BCUT2D eigenvalue weighted by Crippen LogP contribution is 2.71. The first-order valence-corrected chi connectivity index (χ1v) is 15.0. The van der Waals surface area contributed by atoms with Crippen LogP contribution in [0.15, 0.2) is 0 Å². The molecule has 0 spiro atoms. The zero-order valence-corrected chi connectivity index (χ0v) is 24.3. The second kappa shape index (κ2) is 9.24. The molecule has 10 atom stereocenters. The number of quaternary nitrogens is 1. The Labute approximate surface area is 216 Å². The molecule has 0 amide bonds. The van der Waals surface area contributed by atoms with Crippen molar-refractivity contribution in [2.45, 2.75) is 123 Å². The Morgan fingerprint density at radius 1 is 0.857 bits per heavy atom. The van der Waals surface area contributed by atoms with Crippen LogP contribution in [-0.4, -0.2) is 64.8 Å². The molecule has 4 saturated carbocycles. The van der Waals surface area contributed by atoms with Crippen LogP contribution < -0.4 is 0 Å². The van der Waals surface area contributed by atoms with Gasteiger partial charge in [0.2, 0.25) is 0 Å². The van der Waals surface area contributed by atoms with Crippen molar-refractivity contribution in [1.29, 1.82) is 0 Å². The van der Waals surface area contributed by atoms with Gasteiger partial charge in [-0.25, -0.2) is 0 Å². The van der Waals surface area contributed by atoms with Crippen molar-refractivity contribution in [2.75, 3.05) is 27.7 Å². The van der Waals surface area contributed by atoms with Crippen molar-refractivity contribution in [3.63, 3.8) is 0 Å². The lowest BCUT2D eigenvalue weighted by molar-refractivity contribution is -0.879. The number of fused-ring (bicyclic) bond motifs is 5. The standard InChI is InChI=1S/C31H58NO3/c1-21(2)10-9-11-22(3)25-12-13-26-24-19-30(34,20-32(6,7)8)31(35)18-23(33)14-17-29(31,5)27(24)15-16-28(25,26)4/h21-27,33-35H,9-20H2,1-8H3/q+1/t22-,23+,24+,25-,26+,27+,28-,29-,30+,31-/m1/s1. The lowest BCUT2D eigenvalue weighted by Gasteiger charge is -2.68. The van der Waals surface area contributed by atoms with Crippen molar-refractivity contribution < 1.29 is 19.8 Å². The quantitative estimate of drug-likeness (QED) is 0.404. The predicted molar refractivity (Wildman–Crippen MR) is 144 cm³/mol. The third kappa shape index (κ3) is 4.55. The number of nitrogens with zero attached hydrogens (tertiary/aromatic N) is 1. The van der Waals surface area contributed by atoms with Crippen LogP contribution >= 0.6 is 0 Å². The summed E-state index contributed by atoms with van der Waals surface area (Å²) < 4.78 is 0.625. The summed E-state index contributed by atoms with van der Waals surface area (Å²) in [5.74, 6) is 3.91. The van der Waals surface area contributed by atoms with Gasteiger partial charge in [-0.2, -0.15) is 0 Å². The summed E-state index contributed by atoms with van der Waals surface area (Å²) in [5.41, 5.74) is -2.36. The summed E-state index contributed by atoms with van der Waals surface area (Å²) in [5, 5.41) is 35.5. The molecule has 0 unspecified atom stereocenters. The molecule has 0 saturated heterocycles. The van der Waals surface area contributed by atoms with E-state index in [0.717, 1.165) is 30.6 Å². The van der Waals surface area contributed by atoms with Crippen molar-refractivity contribution in [1.82, 2.24) is 0 Å². The van der Waals surface area contributed by atoms with Crippen molar-refractivity contribution in [3.8, 4) is 0 Å². The van der Waals surface area contributed by atoms with E-state index in [4.69, 9.17) is 0 Å². The number of hydrogen-bond acceptors (Lipinski definition) is 3. The number of aliphatic hydroxyl groups excluding tert-OH is 1. The molecule has 0 heterocycles. The third-order valence-electron chi connectivity index (χ3n) is 12.0. The summed E-state index contributed by atoms with van der Waals surface area (Å²) >= 11 is 0. The van der Waals surface area contributed by atoms with Crippen LogP contribution in [0.5, 0.6) is 0 Å². The first-order valence-electron chi connectivity index (χ1n) is 15.0. The van der Waals surface area contributed by atoms with E-state index in [1.54, 1.807) is 0 Å².